The van der Waals surface area contributed by atoms with Gasteiger partial charge in [-0.25, -0.2) is 0 Å². The molecule has 3 rings (SSSR count). The van der Waals surface area contributed by atoms with E-state index in [1.807, 2.05) is 60.9 Å². The zero-order valence-electron chi connectivity index (χ0n) is 12.5. The number of thioether (sulfide) groups is 1. The van der Waals surface area contributed by atoms with Crippen molar-refractivity contribution in [3.63, 3.8) is 0 Å². The van der Waals surface area contributed by atoms with Crippen molar-refractivity contribution < 1.29 is 9.90 Å². The summed E-state index contributed by atoms with van der Waals surface area (Å²) < 4.78 is 0. The third kappa shape index (κ3) is 2.76. The summed E-state index contributed by atoms with van der Waals surface area (Å²) in [4.78, 5) is 15.5. The SMILES string of the molecule is CSc1ccccc1C(=O)N1CCC(O)(c2ccccc2)C1. The summed E-state index contributed by atoms with van der Waals surface area (Å²) in [7, 11) is 0. The Bertz CT molecular complexity index is 674. The Hall–Kier alpha value is -1.78. The minimum Gasteiger partial charge on any atom is -0.383 e. The van der Waals surface area contributed by atoms with Crippen LogP contribution >= 0.6 is 11.8 Å². The van der Waals surface area contributed by atoms with Gasteiger partial charge in [0.2, 0.25) is 0 Å². The van der Waals surface area contributed by atoms with Crippen LogP contribution in [0.15, 0.2) is 59.5 Å². The fraction of sp³-hybridized carbons (Fsp3) is 0.278. The lowest BCUT2D eigenvalue weighted by Crippen LogP contribution is -2.34. The molecular formula is C18H19NO2S. The number of likely N-dealkylation sites (tertiary alicyclic amines) is 1. The largest absolute Gasteiger partial charge is 0.383 e. The van der Waals surface area contributed by atoms with E-state index in [1.54, 1.807) is 16.7 Å². The average molecular weight is 313 g/mol. The number of hydrogen-bond donors (Lipinski definition) is 1. The van der Waals surface area contributed by atoms with Gasteiger partial charge < -0.3 is 10.0 Å². The maximum absolute atomic E-state index is 12.7. The highest BCUT2D eigenvalue weighted by Gasteiger charge is 2.39. The molecule has 0 aromatic heterocycles. The molecule has 1 unspecified atom stereocenters. The Labute approximate surface area is 135 Å². The van der Waals surface area contributed by atoms with Crippen LogP contribution in [-0.4, -0.2) is 35.3 Å². The topological polar surface area (TPSA) is 40.5 Å². The molecule has 0 bridgehead atoms. The number of nitrogens with zero attached hydrogens (tertiary/aromatic N) is 1. The van der Waals surface area contributed by atoms with Gasteiger partial charge in [0.15, 0.2) is 0 Å². The normalized spacial score (nSPS) is 21.1. The van der Waals surface area contributed by atoms with Crippen molar-refractivity contribution in [3.05, 3.63) is 65.7 Å². The average Bonchev–Trinajstić information content (AvgIpc) is 2.98. The summed E-state index contributed by atoms with van der Waals surface area (Å²) >= 11 is 1.57. The van der Waals surface area contributed by atoms with E-state index in [0.29, 0.717) is 25.1 Å². The van der Waals surface area contributed by atoms with Crippen LogP contribution in [0.4, 0.5) is 0 Å². The summed E-state index contributed by atoms with van der Waals surface area (Å²) in [6.45, 7) is 0.922. The van der Waals surface area contributed by atoms with Crippen LogP contribution in [0.25, 0.3) is 0 Å². The smallest absolute Gasteiger partial charge is 0.255 e. The fourth-order valence-corrected chi connectivity index (χ4v) is 3.53. The molecule has 2 aromatic carbocycles. The van der Waals surface area contributed by atoms with Crippen LogP contribution in [0, 0.1) is 0 Å². The van der Waals surface area contributed by atoms with Crippen LogP contribution in [0.1, 0.15) is 22.3 Å². The van der Waals surface area contributed by atoms with Crippen molar-refractivity contribution >= 4 is 17.7 Å². The second-order valence-electron chi connectivity index (χ2n) is 5.57. The third-order valence-electron chi connectivity index (χ3n) is 4.18. The Balaban J connectivity index is 1.82. The maximum atomic E-state index is 12.7. The van der Waals surface area contributed by atoms with E-state index in [1.165, 1.54) is 0 Å². The van der Waals surface area contributed by atoms with Gasteiger partial charge in [-0.05, 0) is 30.4 Å². The molecule has 2 aromatic rings. The Kier molecular flexibility index (Phi) is 4.23. The number of carbonyl (C=O) groups excluding carboxylic acids is 1. The molecule has 3 nitrogen and oxygen atoms in total. The summed E-state index contributed by atoms with van der Waals surface area (Å²) in [5, 5.41) is 10.9. The molecule has 1 N–H and O–H groups in total. The van der Waals surface area contributed by atoms with E-state index in [9.17, 15) is 9.90 Å². The zero-order valence-corrected chi connectivity index (χ0v) is 13.3. The summed E-state index contributed by atoms with van der Waals surface area (Å²) in [5.41, 5.74) is 0.654. The Morgan fingerprint density at radius 2 is 1.82 bits per heavy atom. The number of amides is 1. The van der Waals surface area contributed by atoms with Gasteiger partial charge in [-0.15, -0.1) is 11.8 Å². The first kappa shape index (κ1) is 15.1. The quantitative estimate of drug-likeness (QED) is 0.885. The zero-order chi connectivity index (χ0) is 15.6. The van der Waals surface area contributed by atoms with Gasteiger partial charge in [-0.3, -0.25) is 4.79 Å². The number of carbonyl (C=O) groups is 1. The fourth-order valence-electron chi connectivity index (χ4n) is 2.94. The van der Waals surface area contributed by atoms with Crippen molar-refractivity contribution in [2.45, 2.75) is 16.9 Å². The number of hydrogen-bond acceptors (Lipinski definition) is 3. The molecule has 114 valence electrons. The van der Waals surface area contributed by atoms with Gasteiger partial charge in [-0.2, -0.15) is 0 Å². The lowest BCUT2D eigenvalue weighted by atomic mass is 9.93. The molecule has 1 aliphatic rings. The number of benzene rings is 2. The van der Waals surface area contributed by atoms with E-state index in [4.69, 9.17) is 0 Å². The third-order valence-corrected chi connectivity index (χ3v) is 4.98. The molecule has 0 radical (unpaired) electrons. The van der Waals surface area contributed by atoms with E-state index >= 15 is 0 Å². The highest BCUT2D eigenvalue weighted by molar-refractivity contribution is 7.98. The molecule has 0 aliphatic carbocycles. The van der Waals surface area contributed by atoms with Crippen molar-refractivity contribution in [1.82, 2.24) is 4.90 Å². The molecule has 1 atom stereocenters. The minimum absolute atomic E-state index is 0.00296. The first-order valence-corrected chi connectivity index (χ1v) is 8.57. The van der Waals surface area contributed by atoms with Gasteiger partial charge >= 0.3 is 0 Å². The van der Waals surface area contributed by atoms with Crippen LogP contribution in [0.2, 0.25) is 0 Å². The highest BCUT2D eigenvalue weighted by atomic mass is 32.2. The Morgan fingerprint density at radius 1 is 1.14 bits per heavy atom. The molecule has 4 heteroatoms. The first-order valence-electron chi connectivity index (χ1n) is 7.34. The molecule has 1 saturated heterocycles. The standard InChI is InChI=1S/C18H19NO2S/c1-22-16-10-6-5-9-15(16)17(20)19-12-11-18(21,13-19)14-7-3-2-4-8-14/h2-10,21H,11-13H2,1H3. The van der Waals surface area contributed by atoms with Crippen molar-refractivity contribution in [1.29, 1.82) is 0 Å². The second kappa shape index (κ2) is 6.15. The maximum Gasteiger partial charge on any atom is 0.255 e. The monoisotopic (exact) mass is 313 g/mol. The van der Waals surface area contributed by atoms with Gasteiger partial charge in [0.05, 0.1) is 12.1 Å². The summed E-state index contributed by atoms with van der Waals surface area (Å²) in [5.74, 6) is -0.00296. The summed E-state index contributed by atoms with van der Waals surface area (Å²) in [6, 6.07) is 17.2. The van der Waals surface area contributed by atoms with Crippen LogP contribution in [0.3, 0.4) is 0 Å². The van der Waals surface area contributed by atoms with Gasteiger partial charge in [0, 0.05) is 11.4 Å². The predicted molar refractivity (Wildman–Crippen MR) is 89.1 cm³/mol. The van der Waals surface area contributed by atoms with Crippen molar-refractivity contribution in [2.24, 2.45) is 0 Å². The first-order chi connectivity index (χ1) is 10.6. The van der Waals surface area contributed by atoms with E-state index < -0.39 is 5.60 Å². The number of β-amino-alcohol motifs (C(OH)–C–C–N with tert-alkyl or cyclic N) is 1. The highest BCUT2D eigenvalue weighted by Crippen LogP contribution is 2.33. The van der Waals surface area contributed by atoms with Crippen molar-refractivity contribution in [2.75, 3.05) is 19.3 Å². The lowest BCUT2D eigenvalue weighted by Gasteiger charge is -2.24. The molecule has 1 amide bonds. The molecule has 1 fully saturated rings. The molecule has 22 heavy (non-hydrogen) atoms. The predicted octanol–water partition coefficient (Wildman–Crippen LogP) is 3.14. The summed E-state index contributed by atoms with van der Waals surface area (Å²) in [6.07, 6.45) is 2.54. The van der Waals surface area contributed by atoms with E-state index in [2.05, 4.69) is 0 Å². The molecule has 0 spiro atoms. The lowest BCUT2D eigenvalue weighted by molar-refractivity contribution is 0.0416. The van der Waals surface area contributed by atoms with Crippen LogP contribution in [0.5, 0.6) is 0 Å². The molecule has 1 heterocycles. The number of rotatable bonds is 3. The molecule has 0 saturated carbocycles. The second-order valence-corrected chi connectivity index (χ2v) is 6.42. The minimum atomic E-state index is -0.939. The van der Waals surface area contributed by atoms with Crippen molar-refractivity contribution in [3.8, 4) is 0 Å². The van der Waals surface area contributed by atoms with Gasteiger partial charge in [-0.1, -0.05) is 42.5 Å². The van der Waals surface area contributed by atoms with E-state index in [-0.39, 0.29) is 5.91 Å². The van der Waals surface area contributed by atoms with Crippen LogP contribution in [-0.2, 0) is 5.60 Å². The van der Waals surface area contributed by atoms with Gasteiger partial charge in [0.25, 0.3) is 5.91 Å². The number of aliphatic hydroxyl groups is 1. The van der Waals surface area contributed by atoms with E-state index in [0.717, 1.165) is 10.5 Å². The molecule has 1 aliphatic heterocycles. The van der Waals surface area contributed by atoms with Gasteiger partial charge in [0.1, 0.15) is 5.60 Å². The Morgan fingerprint density at radius 3 is 2.55 bits per heavy atom. The molecular weight excluding hydrogens is 294 g/mol. The van der Waals surface area contributed by atoms with Crippen LogP contribution < -0.4 is 0 Å².